The van der Waals surface area contributed by atoms with E-state index in [1.54, 1.807) is 60.8 Å². The molecule has 164 valence electrons. The Hall–Kier alpha value is -3.33. The zero-order chi connectivity index (χ0) is 22.7. The van der Waals surface area contributed by atoms with Gasteiger partial charge in [0, 0.05) is 28.7 Å². The first-order valence-corrected chi connectivity index (χ1v) is 10.4. The topological polar surface area (TPSA) is 92.7 Å². The molecule has 3 aromatic rings. The summed E-state index contributed by atoms with van der Waals surface area (Å²) in [6, 6.07) is 14.9. The number of benzene rings is 2. The molecule has 0 saturated carbocycles. The van der Waals surface area contributed by atoms with Gasteiger partial charge in [-0.3, -0.25) is 19.1 Å². The Labute approximate surface area is 193 Å². The van der Waals surface area contributed by atoms with Crippen molar-refractivity contribution >= 4 is 46.5 Å². The first kappa shape index (κ1) is 21.9. The lowest BCUT2D eigenvalue weighted by atomic mass is 10.2. The average molecular weight is 473 g/mol. The van der Waals surface area contributed by atoms with E-state index in [1.807, 2.05) is 0 Å². The molecule has 0 bridgehead atoms. The number of amides is 3. The number of nitrogens with one attached hydrogen (secondary N) is 2. The van der Waals surface area contributed by atoms with Crippen LogP contribution in [0.25, 0.3) is 5.69 Å². The first-order valence-electron chi connectivity index (χ1n) is 9.62. The van der Waals surface area contributed by atoms with E-state index >= 15 is 0 Å². The fraction of sp³-hybridized carbons (Fsp3) is 0.136. The summed E-state index contributed by atoms with van der Waals surface area (Å²) in [5.74, 6) is -0.422. The zero-order valence-corrected chi connectivity index (χ0v) is 18.1. The molecule has 2 heterocycles. The second-order valence-corrected chi connectivity index (χ2v) is 7.83. The number of carbonyl (C=O) groups excluding carboxylic acids is 2. The quantitative estimate of drug-likeness (QED) is 0.600. The predicted octanol–water partition coefficient (Wildman–Crippen LogP) is 3.97. The van der Waals surface area contributed by atoms with E-state index in [1.165, 1.54) is 15.5 Å². The van der Waals surface area contributed by atoms with Crippen LogP contribution in [0.15, 0.2) is 71.7 Å². The van der Waals surface area contributed by atoms with E-state index in [4.69, 9.17) is 27.9 Å². The summed E-state index contributed by atoms with van der Waals surface area (Å²) in [5.41, 5.74) is 1.24. The Morgan fingerprint density at radius 3 is 2.44 bits per heavy atom. The van der Waals surface area contributed by atoms with Crippen molar-refractivity contribution in [2.24, 2.45) is 0 Å². The fourth-order valence-corrected chi connectivity index (χ4v) is 3.62. The van der Waals surface area contributed by atoms with Gasteiger partial charge in [0.1, 0.15) is 12.8 Å². The van der Waals surface area contributed by atoms with Gasteiger partial charge in [0.15, 0.2) is 0 Å². The summed E-state index contributed by atoms with van der Waals surface area (Å²) in [7, 11) is 0. The number of hydrogen-bond acceptors (Lipinski definition) is 4. The third kappa shape index (κ3) is 4.77. The van der Waals surface area contributed by atoms with Gasteiger partial charge in [-0.25, -0.2) is 4.79 Å². The number of aromatic nitrogens is 1. The van der Waals surface area contributed by atoms with E-state index in [-0.39, 0.29) is 23.9 Å². The van der Waals surface area contributed by atoms with E-state index < -0.39 is 18.0 Å². The summed E-state index contributed by atoms with van der Waals surface area (Å²) in [6.07, 6.45) is 1.61. The van der Waals surface area contributed by atoms with Gasteiger partial charge in [-0.05, 0) is 48.5 Å². The highest BCUT2D eigenvalue weighted by Gasteiger charge is 2.35. The predicted molar refractivity (Wildman–Crippen MR) is 123 cm³/mol. The molecular formula is C22H18Cl2N4O4. The molecule has 1 saturated heterocycles. The van der Waals surface area contributed by atoms with Crippen LogP contribution in [-0.2, 0) is 9.53 Å². The highest BCUT2D eigenvalue weighted by Crippen LogP contribution is 2.24. The number of nitrogens with zero attached hydrogens (tertiary/aromatic N) is 2. The van der Waals surface area contributed by atoms with Crippen molar-refractivity contribution in [1.29, 1.82) is 0 Å². The van der Waals surface area contributed by atoms with Gasteiger partial charge in [-0.1, -0.05) is 29.3 Å². The van der Waals surface area contributed by atoms with E-state index in [0.717, 1.165) is 0 Å². The summed E-state index contributed by atoms with van der Waals surface area (Å²) in [4.78, 5) is 38.8. The van der Waals surface area contributed by atoms with Crippen LogP contribution >= 0.6 is 23.2 Å². The van der Waals surface area contributed by atoms with Crippen molar-refractivity contribution in [3.63, 3.8) is 0 Å². The second kappa shape index (κ2) is 9.44. The van der Waals surface area contributed by atoms with Gasteiger partial charge in [-0.2, -0.15) is 0 Å². The van der Waals surface area contributed by atoms with Crippen LogP contribution in [0.3, 0.4) is 0 Å². The zero-order valence-electron chi connectivity index (χ0n) is 16.6. The molecule has 1 aliphatic heterocycles. The molecule has 0 radical (unpaired) electrons. The van der Waals surface area contributed by atoms with Crippen molar-refractivity contribution in [3.8, 4) is 5.69 Å². The molecule has 1 aromatic heterocycles. The van der Waals surface area contributed by atoms with Crippen LogP contribution in [0.2, 0.25) is 10.0 Å². The largest absolute Gasteiger partial charge is 0.358 e. The lowest BCUT2D eigenvalue weighted by molar-refractivity contribution is -0.119. The molecule has 8 nitrogen and oxygen atoms in total. The van der Waals surface area contributed by atoms with Crippen molar-refractivity contribution in [2.75, 3.05) is 24.0 Å². The molecule has 1 aliphatic rings. The Balaban J connectivity index is 1.45. The molecule has 10 heteroatoms. The van der Waals surface area contributed by atoms with Gasteiger partial charge in [0.05, 0.1) is 17.3 Å². The molecule has 0 aliphatic carbocycles. The molecule has 0 spiro atoms. The summed E-state index contributed by atoms with van der Waals surface area (Å²) < 4.78 is 6.74. The molecule has 2 aromatic carbocycles. The maximum Gasteiger partial charge on any atom is 0.324 e. The second-order valence-electron chi connectivity index (χ2n) is 6.99. The fourth-order valence-electron chi connectivity index (χ4n) is 3.22. The van der Waals surface area contributed by atoms with E-state index in [2.05, 4.69) is 10.6 Å². The maximum absolute atomic E-state index is 12.8. The van der Waals surface area contributed by atoms with Crippen molar-refractivity contribution in [3.05, 3.63) is 87.3 Å². The number of anilines is 2. The minimum absolute atomic E-state index is 0.0197. The molecular weight excluding hydrogens is 455 g/mol. The normalized spacial score (nSPS) is 15.4. The molecule has 1 fully saturated rings. The summed E-state index contributed by atoms with van der Waals surface area (Å²) >= 11 is 12.2. The number of pyridine rings is 1. The lowest BCUT2D eigenvalue weighted by Gasteiger charge is -2.22. The van der Waals surface area contributed by atoms with Crippen LogP contribution in [0.1, 0.15) is 0 Å². The van der Waals surface area contributed by atoms with E-state index in [9.17, 15) is 14.4 Å². The standard InChI is InChI=1S/C22H18Cl2N4O4/c23-14-4-6-15(7-5-14)26-22(31)28-13-32-12-19(28)21(30)25-16-8-9-18(17(24)11-16)27-10-2-1-3-20(27)29/h1-11,19H,12-13H2,(H,25,30)(H,26,31)/t19-/m1/s1. The number of urea groups is 1. The SMILES string of the molecule is O=C(Nc1ccc(-n2ccccc2=O)c(Cl)c1)[C@H]1COCN1C(=O)Nc1ccc(Cl)cc1. The number of halogens is 2. The Morgan fingerprint density at radius 1 is 0.969 bits per heavy atom. The highest BCUT2D eigenvalue weighted by molar-refractivity contribution is 6.32. The van der Waals surface area contributed by atoms with Gasteiger partial charge < -0.3 is 15.4 Å². The van der Waals surface area contributed by atoms with Gasteiger partial charge >= 0.3 is 6.03 Å². The summed E-state index contributed by atoms with van der Waals surface area (Å²) in [6.45, 7) is 0.0409. The van der Waals surface area contributed by atoms with E-state index in [0.29, 0.717) is 22.1 Å². The molecule has 1 atom stereocenters. The maximum atomic E-state index is 12.8. The minimum atomic E-state index is -0.822. The Morgan fingerprint density at radius 2 is 1.72 bits per heavy atom. The van der Waals surface area contributed by atoms with Crippen molar-refractivity contribution < 1.29 is 14.3 Å². The average Bonchev–Trinajstić information content (AvgIpc) is 3.27. The monoisotopic (exact) mass is 472 g/mol. The number of rotatable bonds is 4. The Bertz CT molecular complexity index is 1210. The lowest BCUT2D eigenvalue weighted by Crippen LogP contribution is -2.46. The van der Waals surface area contributed by atoms with Gasteiger partial charge in [-0.15, -0.1) is 0 Å². The van der Waals surface area contributed by atoms with Crippen LogP contribution in [0.4, 0.5) is 16.2 Å². The van der Waals surface area contributed by atoms with Crippen LogP contribution in [0, 0.1) is 0 Å². The third-order valence-corrected chi connectivity index (χ3v) is 5.39. The van der Waals surface area contributed by atoms with Crippen molar-refractivity contribution in [2.45, 2.75) is 6.04 Å². The van der Waals surface area contributed by atoms with Crippen LogP contribution < -0.4 is 16.2 Å². The van der Waals surface area contributed by atoms with Gasteiger partial charge in [0.2, 0.25) is 5.91 Å². The molecule has 3 amide bonds. The summed E-state index contributed by atoms with van der Waals surface area (Å²) in [5, 5.41) is 6.29. The number of carbonyl (C=O) groups is 2. The van der Waals surface area contributed by atoms with Gasteiger partial charge in [0.25, 0.3) is 5.56 Å². The molecule has 2 N–H and O–H groups in total. The first-order chi connectivity index (χ1) is 15.4. The van der Waals surface area contributed by atoms with Crippen molar-refractivity contribution in [1.82, 2.24) is 9.47 Å². The molecule has 4 rings (SSSR count). The minimum Gasteiger partial charge on any atom is -0.358 e. The smallest absolute Gasteiger partial charge is 0.324 e. The molecule has 0 unspecified atom stereocenters. The number of ether oxygens (including phenoxy) is 1. The molecule has 32 heavy (non-hydrogen) atoms. The van der Waals surface area contributed by atoms with Crippen LogP contribution in [-0.4, -0.2) is 40.8 Å². The van der Waals surface area contributed by atoms with Crippen LogP contribution in [0.5, 0.6) is 0 Å². The Kier molecular flexibility index (Phi) is 6.45. The third-order valence-electron chi connectivity index (χ3n) is 4.84. The highest BCUT2D eigenvalue weighted by atomic mass is 35.5. The number of hydrogen-bond donors (Lipinski definition) is 2.